The number of fused-ring (bicyclic) bond motifs is 1. The quantitative estimate of drug-likeness (QED) is 0.889. The molecule has 3 aliphatic rings. The van der Waals surface area contributed by atoms with Crippen molar-refractivity contribution in [2.75, 3.05) is 6.61 Å². The predicted octanol–water partition coefficient (Wildman–Crippen LogP) is 4.11. The first-order valence-electron chi connectivity index (χ1n) is 8.95. The first-order valence-corrected chi connectivity index (χ1v) is 9.33. The van der Waals surface area contributed by atoms with E-state index in [9.17, 15) is 9.18 Å². The molecule has 0 unspecified atom stereocenters. The second kappa shape index (κ2) is 6.30. The van der Waals surface area contributed by atoms with Gasteiger partial charge in [-0.25, -0.2) is 4.39 Å². The van der Waals surface area contributed by atoms with Crippen molar-refractivity contribution in [1.29, 1.82) is 0 Å². The van der Waals surface area contributed by atoms with Gasteiger partial charge in [0.05, 0.1) is 16.7 Å². The van der Waals surface area contributed by atoms with Gasteiger partial charge in [-0.15, -0.1) is 0 Å². The van der Waals surface area contributed by atoms with Gasteiger partial charge in [0, 0.05) is 24.5 Å². The van der Waals surface area contributed by atoms with Gasteiger partial charge in [-0.2, -0.15) is 0 Å². The summed E-state index contributed by atoms with van der Waals surface area (Å²) >= 11 is 6.19. The standard InChI is InChI=1S/C19H23ClFNO2/c1-10-6-7-13(21)15(16(10)20)19(23)22-17-12-8-9-24-18(12)14(17)11-4-2-3-5-11/h6-7,11-12,14,17-18H,2-5,8-9H2,1H3,(H,22,23)/t12-,14+,17+,18-/m1/s1. The summed E-state index contributed by atoms with van der Waals surface area (Å²) in [6.07, 6.45) is 6.20. The van der Waals surface area contributed by atoms with Crippen molar-refractivity contribution in [3.05, 3.63) is 34.1 Å². The van der Waals surface area contributed by atoms with E-state index in [1.54, 1.807) is 13.0 Å². The molecule has 1 saturated heterocycles. The Balaban J connectivity index is 1.55. The maximum atomic E-state index is 14.1. The van der Waals surface area contributed by atoms with E-state index in [1.165, 1.54) is 31.7 Å². The highest BCUT2D eigenvalue weighted by atomic mass is 35.5. The third-order valence-electron chi connectivity index (χ3n) is 6.19. The maximum Gasteiger partial charge on any atom is 0.256 e. The Kier molecular flexibility index (Phi) is 4.29. The van der Waals surface area contributed by atoms with Crippen LogP contribution in [0.5, 0.6) is 0 Å². The number of carbonyl (C=O) groups excluding carboxylic acids is 1. The van der Waals surface area contributed by atoms with Crippen molar-refractivity contribution in [3.8, 4) is 0 Å². The SMILES string of the molecule is Cc1ccc(F)c(C(=O)N[C@H]2[C@H]3CCO[C@H]3[C@H]2C2CCCC2)c1Cl. The number of ether oxygens (including phenoxy) is 1. The second-order valence-corrected chi connectivity index (χ2v) is 7.84. The van der Waals surface area contributed by atoms with E-state index in [4.69, 9.17) is 16.3 Å². The maximum absolute atomic E-state index is 14.1. The van der Waals surface area contributed by atoms with Crippen LogP contribution in [-0.4, -0.2) is 24.7 Å². The number of aryl methyl sites for hydroxylation is 1. The molecule has 1 N–H and O–H groups in total. The Morgan fingerprint density at radius 1 is 1.29 bits per heavy atom. The van der Waals surface area contributed by atoms with Crippen molar-refractivity contribution >= 4 is 17.5 Å². The number of benzene rings is 1. The summed E-state index contributed by atoms with van der Waals surface area (Å²) in [4.78, 5) is 12.7. The highest BCUT2D eigenvalue weighted by Gasteiger charge is 2.57. The molecule has 1 aromatic carbocycles. The van der Waals surface area contributed by atoms with Crippen LogP contribution in [0.15, 0.2) is 12.1 Å². The summed E-state index contributed by atoms with van der Waals surface area (Å²) in [5.74, 6) is 0.410. The van der Waals surface area contributed by atoms with Crippen LogP contribution in [0.2, 0.25) is 5.02 Å². The lowest BCUT2D eigenvalue weighted by atomic mass is 9.61. The first kappa shape index (κ1) is 16.3. The zero-order valence-electron chi connectivity index (χ0n) is 13.9. The van der Waals surface area contributed by atoms with E-state index in [0.717, 1.165) is 13.0 Å². The largest absolute Gasteiger partial charge is 0.377 e. The van der Waals surface area contributed by atoms with Gasteiger partial charge >= 0.3 is 0 Å². The van der Waals surface area contributed by atoms with Crippen molar-refractivity contribution in [1.82, 2.24) is 5.32 Å². The lowest BCUT2D eigenvalue weighted by Crippen LogP contribution is -2.63. The van der Waals surface area contributed by atoms with Gasteiger partial charge in [-0.3, -0.25) is 4.79 Å². The molecule has 1 aromatic rings. The average Bonchev–Trinajstić information content (AvgIpc) is 3.20. The highest BCUT2D eigenvalue weighted by Crippen LogP contribution is 2.51. The van der Waals surface area contributed by atoms with E-state index >= 15 is 0 Å². The normalized spacial score (nSPS) is 32.5. The first-order chi connectivity index (χ1) is 11.6. The summed E-state index contributed by atoms with van der Waals surface area (Å²) < 4.78 is 20.1. The lowest BCUT2D eigenvalue weighted by molar-refractivity contribution is -0.0784. The molecule has 4 atom stereocenters. The van der Waals surface area contributed by atoms with Crippen molar-refractivity contribution in [3.63, 3.8) is 0 Å². The summed E-state index contributed by atoms with van der Waals surface area (Å²) in [7, 11) is 0. The number of halogens is 2. The molecule has 1 amide bonds. The molecule has 3 nitrogen and oxygen atoms in total. The molecule has 5 heteroatoms. The second-order valence-electron chi connectivity index (χ2n) is 7.46. The zero-order valence-corrected chi connectivity index (χ0v) is 14.6. The van der Waals surface area contributed by atoms with Gasteiger partial charge in [-0.05, 0) is 30.9 Å². The van der Waals surface area contributed by atoms with Crippen LogP contribution in [0.25, 0.3) is 0 Å². The van der Waals surface area contributed by atoms with Gasteiger partial charge in [0.1, 0.15) is 5.82 Å². The fraction of sp³-hybridized carbons (Fsp3) is 0.632. The number of rotatable bonds is 3. The molecule has 2 saturated carbocycles. The molecule has 0 spiro atoms. The van der Waals surface area contributed by atoms with E-state index in [2.05, 4.69) is 5.32 Å². The molecule has 1 heterocycles. The third kappa shape index (κ3) is 2.55. The van der Waals surface area contributed by atoms with E-state index in [0.29, 0.717) is 23.3 Å². The Labute approximate surface area is 146 Å². The Morgan fingerprint density at radius 2 is 2.04 bits per heavy atom. The molecular weight excluding hydrogens is 329 g/mol. The van der Waals surface area contributed by atoms with Gasteiger partial charge in [0.25, 0.3) is 5.91 Å². The van der Waals surface area contributed by atoms with Crippen molar-refractivity contribution in [2.24, 2.45) is 17.8 Å². The minimum Gasteiger partial charge on any atom is -0.377 e. The van der Waals surface area contributed by atoms with Crippen LogP contribution in [0.4, 0.5) is 4.39 Å². The van der Waals surface area contributed by atoms with Crippen molar-refractivity contribution < 1.29 is 13.9 Å². The lowest BCUT2D eigenvalue weighted by Gasteiger charge is -2.50. The van der Waals surface area contributed by atoms with Gasteiger partial charge in [0.2, 0.25) is 0 Å². The number of carbonyl (C=O) groups is 1. The van der Waals surface area contributed by atoms with Gasteiger partial charge in [0.15, 0.2) is 0 Å². The summed E-state index contributed by atoms with van der Waals surface area (Å²) in [5.41, 5.74) is 0.690. The molecule has 1 aliphatic heterocycles. The fourth-order valence-corrected chi connectivity index (χ4v) is 5.19. The number of nitrogens with one attached hydrogen (secondary N) is 1. The Morgan fingerprint density at radius 3 is 2.79 bits per heavy atom. The van der Waals surface area contributed by atoms with Crippen LogP contribution >= 0.6 is 11.6 Å². The smallest absolute Gasteiger partial charge is 0.256 e. The highest BCUT2D eigenvalue weighted by molar-refractivity contribution is 6.34. The van der Waals surface area contributed by atoms with E-state index in [1.807, 2.05) is 0 Å². The zero-order chi connectivity index (χ0) is 16.8. The third-order valence-corrected chi connectivity index (χ3v) is 6.68. The minimum atomic E-state index is -0.556. The van der Waals surface area contributed by atoms with Crippen molar-refractivity contribution in [2.45, 2.75) is 51.2 Å². The van der Waals surface area contributed by atoms with Crippen LogP contribution in [0, 0.1) is 30.5 Å². The van der Waals surface area contributed by atoms with Crippen LogP contribution < -0.4 is 5.32 Å². The molecule has 0 bridgehead atoms. The summed E-state index contributed by atoms with van der Waals surface area (Å²) in [6.45, 7) is 2.55. The Bertz CT molecular complexity index is 654. The topological polar surface area (TPSA) is 38.3 Å². The molecule has 2 aliphatic carbocycles. The van der Waals surface area contributed by atoms with E-state index < -0.39 is 5.82 Å². The van der Waals surface area contributed by atoms with Crippen LogP contribution in [0.3, 0.4) is 0 Å². The molecular formula is C19H23ClFNO2. The molecule has 0 radical (unpaired) electrons. The monoisotopic (exact) mass is 351 g/mol. The summed E-state index contributed by atoms with van der Waals surface area (Å²) in [5, 5.41) is 3.31. The fourth-order valence-electron chi connectivity index (χ4n) is 4.95. The van der Waals surface area contributed by atoms with Gasteiger partial charge < -0.3 is 10.1 Å². The van der Waals surface area contributed by atoms with Crippen LogP contribution in [-0.2, 0) is 4.74 Å². The molecule has 3 fully saturated rings. The molecule has 130 valence electrons. The molecule has 4 rings (SSSR count). The van der Waals surface area contributed by atoms with Gasteiger partial charge in [-0.1, -0.05) is 43.4 Å². The number of hydrogen-bond acceptors (Lipinski definition) is 2. The minimum absolute atomic E-state index is 0.0239. The molecule has 0 aromatic heterocycles. The predicted molar refractivity (Wildman–Crippen MR) is 90.7 cm³/mol. The summed E-state index contributed by atoms with van der Waals surface area (Å²) in [6, 6.07) is 3.00. The Hall–Kier alpha value is -1.13. The number of hydrogen-bond donors (Lipinski definition) is 1. The van der Waals surface area contributed by atoms with E-state index in [-0.39, 0.29) is 28.6 Å². The average molecular weight is 352 g/mol. The van der Waals surface area contributed by atoms with Crippen LogP contribution in [0.1, 0.15) is 48.0 Å². The molecule has 24 heavy (non-hydrogen) atoms. The number of amides is 1.